The summed E-state index contributed by atoms with van der Waals surface area (Å²) in [6, 6.07) is 0. The summed E-state index contributed by atoms with van der Waals surface area (Å²) in [7, 11) is 3.82. The van der Waals surface area contributed by atoms with Crippen LogP contribution in [0.3, 0.4) is 0 Å². The Morgan fingerprint density at radius 3 is 2.61 bits per heavy atom. The van der Waals surface area contributed by atoms with E-state index in [1.807, 2.05) is 36.6 Å². The van der Waals surface area contributed by atoms with E-state index in [2.05, 4.69) is 22.4 Å². The van der Waals surface area contributed by atoms with E-state index in [9.17, 15) is 0 Å². The lowest BCUT2D eigenvalue weighted by Crippen LogP contribution is -2.06. The van der Waals surface area contributed by atoms with Crippen LogP contribution in [0.25, 0.3) is 0 Å². The molecule has 2 rings (SSSR count). The van der Waals surface area contributed by atoms with Crippen LogP contribution in [0.4, 0.5) is 5.69 Å². The molecule has 0 unspecified atom stereocenters. The maximum absolute atomic E-state index is 6.21. The highest BCUT2D eigenvalue weighted by atomic mass is 35.5. The maximum Gasteiger partial charge on any atom is 0.0865 e. The lowest BCUT2D eigenvalue weighted by molar-refractivity contribution is 0.713. The number of anilines is 1. The van der Waals surface area contributed by atoms with E-state index in [0.29, 0.717) is 6.54 Å². The van der Waals surface area contributed by atoms with Crippen molar-refractivity contribution >= 4 is 17.3 Å². The molecule has 2 aromatic heterocycles. The van der Waals surface area contributed by atoms with Crippen molar-refractivity contribution < 1.29 is 0 Å². The molecule has 0 radical (unpaired) electrons. The minimum Gasteiger partial charge on any atom is -0.377 e. The highest BCUT2D eigenvalue weighted by molar-refractivity contribution is 6.31. The van der Waals surface area contributed by atoms with Crippen molar-refractivity contribution in [3.05, 3.63) is 28.3 Å². The topological polar surface area (TPSA) is 47.7 Å². The van der Waals surface area contributed by atoms with Gasteiger partial charge in [-0.05, 0) is 13.3 Å². The van der Waals surface area contributed by atoms with Crippen LogP contribution >= 0.6 is 11.6 Å². The van der Waals surface area contributed by atoms with Crippen LogP contribution < -0.4 is 5.32 Å². The minimum atomic E-state index is 0.648. The lowest BCUT2D eigenvalue weighted by Gasteiger charge is -2.06. The monoisotopic (exact) mass is 267 g/mol. The van der Waals surface area contributed by atoms with Gasteiger partial charge in [0.2, 0.25) is 0 Å². The molecule has 0 spiro atoms. The molecule has 0 amide bonds. The highest BCUT2D eigenvalue weighted by Crippen LogP contribution is 2.21. The molecule has 0 bridgehead atoms. The summed E-state index contributed by atoms with van der Waals surface area (Å²) in [6.45, 7) is 4.65. The number of hydrogen-bond acceptors (Lipinski definition) is 3. The molecule has 0 aliphatic carbocycles. The van der Waals surface area contributed by atoms with Crippen molar-refractivity contribution in [1.29, 1.82) is 0 Å². The first-order chi connectivity index (χ1) is 8.52. The zero-order valence-electron chi connectivity index (χ0n) is 11.2. The Hall–Kier alpha value is -1.49. The first kappa shape index (κ1) is 13.0. The normalized spacial score (nSPS) is 10.9. The molecular formula is C12H18ClN5. The van der Waals surface area contributed by atoms with Gasteiger partial charge in [-0.2, -0.15) is 10.2 Å². The molecule has 6 heteroatoms. The first-order valence-corrected chi connectivity index (χ1v) is 6.35. The molecule has 0 aromatic carbocycles. The van der Waals surface area contributed by atoms with Crippen LogP contribution in [0, 0.1) is 6.92 Å². The van der Waals surface area contributed by atoms with E-state index in [1.165, 1.54) is 0 Å². The fourth-order valence-electron chi connectivity index (χ4n) is 1.99. The fourth-order valence-corrected chi connectivity index (χ4v) is 2.22. The molecule has 5 nitrogen and oxygen atoms in total. The molecule has 18 heavy (non-hydrogen) atoms. The van der Waals surface area contributed by atoms with Crippen molar-refractivity contribution in [2.24, 2.45) is 14.1 Å². The standard InChI is InChI=1S/C12H18ClN5/c1-5-9-10(7-17(3)16-9)14-6-11-12(13)8(2)15-18(11)4/h7,14H,5-6H2,1-4H3. The van der Waals surface area contributed by atoms with Gasteiger partial charge in [0.1, 0.15) is 0 Å². The number of rotatable bonds is 4. The summed E-state index contributed by atoms with van der Waals surface area (Å²) in [4.78, 5) is 0. The Morgan fingerprint density at radius 2 is 2.06 bits per heavy atom. The van der Waals surface area contributed by atoms with E-state index in [-0.39, 0.29) is 0 Å². The van der Waals surface area contributed by atoms with Crippen molar-refractivity contribution in [2.75, 3.05) is 5.32 Å². The van der Waals surface area contributed by atoms with Crippen LogP contribution in [0.1, 0.15) is 24.0 Å². The Balaban J connectivity index is 2.16. The second kappa shape index (κ2) is 5.02. The Morgan fingerprint density at radius 1 is 1.33 bits per heavy atom. The third kappa shape index (κ3) is 2.36. The SMILES string of the molecule is CCc1nn(C)cc1NCc1c(Cl)c(C)nn1C. The quantitative estimate of drug-likeness (QED) is 0.925. The fraction of sp³-hybridized carbons (Fsp3) is 0.500. The average molecular weight is 268 g/mol. The molecule has 98 valence electrons. The number of aromatic nitrogens is 4. The van der Waals surface area contributed by atoms with Gasteiger partial charge in [-0.25, -0.2) is 0 Å². The minimum absolute atomic E-state index is 0.648. The van der Waals surface area contributed by atoms with Crippen LogP contribution in [0.5, 0.6) is 0 Å². The summed E-state index contributed by atoms with van der Waals surface area (Å²) in [5, 5.41) is 12.8. The molecule has 0 fully saturated rings. The maximum atomic E-state index is 6.21. The number of aryl methyl sites for hydroxylation is 4. The summed E-state index contributed by atoms with van der Waals surface area (Å²) in [6.07, 6.45) is 2.89. The van der Waals surface area contributed by atoms with E-state index >= 15 is 0 Å². The molecule has 1 N–H and O–H groups in total. The molecular weight excluding hydrogens is 250 g/mol. The van der Waals surface area contributed by atoms with Gasteiger partial charge in [-0.15, -0.1) is 0 Å². The van der Waals surface area contributed by atoms with Crippen molar-refractivity contribution in [1.82, 2.24) is 19.6 Å². The summed E-state index contributed by atoms with van der Waals surface area (Å²) < 4.78 is 3.63. The Bertz CT molecular complexity index is 555. The summed E-state index contributed by atoms with van der Waals surface area (Å²) >= 11 is 6.21. The largest absolute Gasteiger partial charge is 0.377 e. The Labute approximate surface area is 112 Å². The van der Waals surface area contributed by atoms with Crippen molar-refractivity contribution in [3.63, 3.8) is 0 Å². The van der Waals surface area contributed by atoms with Crippen LogP contribution in [-0.4, -0.2) is 19.6 Å². The number of nitrogens with one attached hydrogen (secondary N) is 1. The molecule has 2 aromatic rings. The zero-order valence-corrected chi connectivity index (χ0v) is 11.9. The van der Waals surface area contributed by atoms with Gasteiger partial charge in [-0.1, -0.05) is 18.5 Å². The lowest BCUT2D eigenvalue weighted by atomic mass is 10.3. The van der Waals surface area contributed by atoms with Gasteiger partial charge in [0.05, 0.1) is 34.3 Å². The van der Waals surface area contributed by atoms with Crippen LogP contribution in [0.2, 0.25) is 5.02 Å². The second-order valence-corrected chi connectivity index (χ2v) is 4.72. The average Bonchev–Trinajstić information content (AvgIpc) is 2.79. The zero-order chi connectivity index (χ0) is 13.3. The van der Waals surface area contributed by atoms with Gasteiger partial charge in [0.15, 0.2) is 0 Å². The van der Waals surface area contributed by atoms with Gasteiger partial charge < -0.3 is 5.32 Å². The molecule has 2 heterocycles. The second-order valence-electron chi connectivity index (χ2n) is 4.34. The van der Waals surface area contributed by atoms with E-state index in [4.69, 9.17) is 11.6 Å². The number of halogens is 1. The molecule has 0 saturated carbocycles. The van der Waals surface area contributed by atoms with Crippen molar-refractivity contribution in [2.45, 2.75) is 26.8 Å². The third-order valence-corrected chi connectivity index (χ3v) is 3.44. The van der Waals surface area contributed by atoms with Crippen molar-refractivity contribution in [3.8, 4) is 0 Å². The van der Waals surface area contributed by atoms with Crippen LogP contribution in [0.15, 0.2) is 6.20 Å². The van der Waals surface area contributed by atoms with E-state index < -0.39 is 0 Å². The molecule has 0 saturated heterocycles. The first-order valence-electron chi connectivity index (χ1n) is 5.97. The highest BCUT2D eigenvalue weighted by Gasteiger charge is 2.12. The smallest absolute Gasteiger partial charge is 0.0865 e. The van der Waals surface area contributed by atoms with Gasteiger partial charge in [0.25, 0.3) is 0 Å². The Kier molecular flexibility index (Phi) is 3.61. The number of hydrogen-bond donors (Lipinski definition) is 1. The van der Waals surface area contributed by atoms with Gasteiger partial charge in [-0.3, -0.25) is 9.36 Å². The molecule has 0 aliphatic rings. The molecule has 0 aliphatic heterocycles. The van der Waals surface area contributed by atoms with Gasteiger partial charge >= 0.3 is 0 Å². The number of nitrogens with zero attached hydrogens (tertiary/aromatic N) is 4. The predicted molar refractivity (Wildman–Crippen MR) is 72.9 cm³/mol. The summed E-state index contributed by atoms with van der Waals surface area (Å²) in [5.74, 6) is 0. The van der Waals surface area contributed by atoms with E-state index in [1.54, 1.807) is 0 Å². The predicted octanol–water partition coefficient (Wildman–Crippen LogP) is 2.29. The molecule has 0 atom stereocenters. The van der Waals surface area contributed by atoms with E-state index in [0.717, 1.165) is 34.2 Å². The summed E-state index contributed by atoms with van der Waals surface area (Å²) in [5.41, 5.74) is 3.96. The van der Waals surface area contributed by atoms with Crippen LogP contribution in [-0.2, 0) is 27.1 Å². The van der Waals surface area contributed by atoms with Gasteiger partial charge in [0, 0.05) is 20.3 Å². The third-order valence-electron chi connectivity index (χ3n) is 2.95.